The summed E-state index contributed by atoms with van der Waals surface area (Å²) in [6.07, 6.45) is 7.29. The summed E-state index contributed by atoms with van der Waals surface area (Å²) in [5, 5.41) is 13.7. The van der Waals surface area contributed by atoms with Gasteiger partial charge < -0.3 is 25.4 Å². The first-order valence-electron chi connectivity index (χ1n) is 10.4. The minimum Gasteiger partial charge on any atom is -0.473 e. The van der Waals surface area contributed by atoms with Gasteiger partial charge in [-0.25, -0.2) is 9.97 Å². The van der Waals surface area contributed by atoms with Crippen molar-refractivity contribution in [1.29, 1.82) is 0 Å². The van der Waals surface area contributed by atoms with Gasteiger partial charge in [-0.1, -0.05) is 0 Å². The van der Waals surface area contributed by atoms with E-state index in [0.29, 0.717) is 34.4 Å². The number of hydrogen-bond acceptors (Lipinski definition) is 8. The predicted molar refractivity (Wildman–Crippen MR) is 115 cm³/mol. The first kappa shape index (κ1) is 19.6. The molecular formula is C21H25N7O3. The van der Waals surface area contributed by atoms with Crippen molar-refractivity contribution in [1.82, 2.24) is 24.9 Å². The lowest BCUT2D eigenvalue weighted by molar-refractivity contribution is -0.0393. The highest BCUT2D eigenvalue weighted by Gasteiger charge is 2.31. The van der Waals surface area contributed by atoms with Gasteiger partial charge in [-0.15, -0.1) is 0 Å². The number of aromatic nitrogens is 4. The number of rotatable bonds is 8. The molecule has 0 atom stereocenters. The van der Waals surface area contributed by atoms with Crippen LogP contribution in [0, 0.1) is 0 Å². The zero-order chi connectivity index (χ0) is 21.4. The quantitative estimate of drug-likeness (QED) is 0.506. The van der Waals surface area contributed by atoms with Crippen LogP contribution < -0.4 is 20.7 Å². The third kappa shape index (κ3) is 3.98. The summed E-state index contributed by atoms with van der Waals surface area (Å²) in [6, 6.07) is 5.80. The monoisotopic (exact) mass is 423 g/mol. The number of hydrogen-bond donors (Lipinski definition) is 3. The number of pyridine rings is 1. The molecule has 10 heteroatoms. The van der Waals surface area contributed by atoms with E-state index in [1.165, 1.54) is 0 Å². The van der Waals surface area contributed by atoms with Gasteiger partial charge in [0.2, 0.25) is 5.88 Å². The van der Waals surface area contributed by atoms with Crippen molar-refractivity contribution in [2.45, 2.75) is 43.9 Å². The number of fused-ring (bicyclic) bond motifs is 1. The summed E-state index contributed by atoms with van der Waals surface area (Å²) >= 11 is 0. The Bertz CT molecular complexity index is 1110. The molecule has 0 saturated heterocycles. The first-order valence-corrected chi connectivity index (χ1v) is 10.4. The van der Waals surface area contributed by atoms with Crippen LogP contribution in [0.2, 0.25) is 0 Å². The molecule has 0 aliphatic heterocycles. The zero-order valence-electron chi connectivity index (χ0n) is 17.5. The van der Waals surface area contributed by atoms with Gasteiger partial charge in [-0.05, 0) is 25.0 Å². The number of carbonyl (C=O) groups excluding carboxylic acids is 1. The maximum atomic E-state index is 12.6. The Hall–Kier alpha value is -3.40. The molecule has 0 radical (unpaired) electrons. The van der Waals surface area contributed by atoms with E-state index in [2.05, 4.69) is 31.0 Å². The lowest BCUT2D eigenvalue weighted by Crippen LogP contribution is -2.39. The molecule has 31 heavy (non-hydrogen) atoms. The molecule has 1 amide bonds. The van der Waals surface area contributed by atoms with Gasteiger partial charge in [0.1, 0.15) is 29.0 Å². The molecule has 2 saturated carbocycles. The average Bonchev–Trinajstić information content (AvgIpc) is 3.46. The maximum Gasteiger partial charge on any atom is 0.256 e. The second-order valence-corrected chi connectivity index (χ2v) is 7.87. The SMILES string of the molecule is CNc1cc(Nc2cccnc2O[C@H]2C[C@H](OC)C2)nc2c(C(=O)NC3CC3)cnn12. The first-order chi connectivity index (χ1) is 15.1. The van der Waals surface area contributed by atoms with E-state index in [9.17, 15) is 4.79 Å². The summed E-state index contributed by atoms with van der Waals surface area (Å²) in [7, 11) is 3.51. The minimum absolute atomic E-state index is 0.0799. The Morgan fingerprint density at radius 3 is 2.84 bits per heavy atom. The lowest BCUT2D eigenvalue weighted by atomic mass is 9.92. The van der Waals surface area contributed by atoms with Crippen LogP contribution >= 0.6 is 0 Å². The lowest BCUT2D eigenvalue weighted by Gasteiger charge is -2.34. The van der Waals surface area contributed by atoms with Gasteiger partial charge >= 0.3 is 0 Å². The number of amides is 1. The average molecular weight is 423 g/mol. The van der Waals surface area contributed by atoms with Crippen molar-refractivity contribution < 1.29 is 14.3 Å². The number of nitrogens with one attached hydrogen (secondary N) is 3. The summed E-state index contributed by atoms with van der Waals surface area (Å²) in [6.45, 7) is 0. The molecule has 0 bridgehead atoms. The van der Waals surface area contributed by atoms with Gasteiger partial charge in [0.25, 0.3) is 5.91 Å². The molecule has 162 valence electrons. The molecule has 3 N–H and O–H groups in total. The van der Waals surface area contributed by atoms with E-state index in [0.717, 1.165) is 25.7 Å². The van der Waals surface area contributed by atoms with Crippen molar-refractivity contribution in [3.63, 3.8) is 0 Å². The Morgan fingerprint density at radius 2 is 2.10 bits per heavy atom. The summed E-state index contributed by atoms with van der Waals surface area (Å²) in [5.41, 5.74) is 1.61. The summed E-state index contributed by atoms with van der Waals surface area (Å²) in [4.78, 5) is 21.7. The molecule has 0 spiro atoms. The number of methoxy groups -OCH3 is 1. The number of ether oxygens (including phenoxy) is 2. The van der Waals surface area contributed by atoms with E-state index in [4.69, 9.17) is 9.47 Å². The highest BCUT2D eigenvalue weighted by atomic mass is 16.5. The number of carbonyl (C=O) groups is 1. The maximum absolute atomic E-state index is 12.6. The van der Waals surface area contributed by atoms with Gasteiger partial charge in [0, 0.05) is 45.3 Å². The highest BCUT2D eigenvalue weighted by molar-refractivity contribution is 6.00. The molecule has 2 aliphatic rings. The van der Waals surface area contributed by atoms with Crippen LogP contribution in [0.25, 0.3) is 5.65 Å². The highest BCUT2D eigenvalue weighted by Crippen LogP contribution is 2.32. The smallest absolute Gasteiger partial charge is 0.256 e. The molecule has 3 heterocycles. The van der Waals surface area contributed by atoms with Crippen molar-refractivity contribution in [2.24, 2.45) is 0 Å². The van der Waals surface area contributed by atoms with Crippen LogP contribution in [-0.4, -0.2) is 57.9 Å². The van der Waals surface area contributed by atoms with Crippen molar-refractivity contribution >= 4 is 28.9 Å². The van der Waals surface area contributed by atoms with Crippen molar-refractivity contribution in [3.05, 3.63) is 36.2 Å². The van der Waals surface area contributed by atoms with Crippen LogP contribution in [0.15, 0.2) is 30.6 Å². The third-order valence-electron chi connectivity index (χ3n) is 5.58. The van der Waals surface area contributed by atoms with Gasteiger partial charge in [0.15, 0.2) is 5.65 Å². The fourth-order valence-corrected chi connectivity index (χ4v) is 3.54. The van der Waals surface area contributed by atoms with E-state index in [1.54, 1.807) is 31.1 Å². The van der Waals surface area contributed by atoms with E-state index in [1.807, 2.05) is 18.2 Å². The molecule has 0 unspecified atom stereocenters. The van der Waals surface area contributed by atoms with Crippen molar-refractivity contribution in [2.75, 3.05) is 24.8 Å². The normalized spacial score (nSPS) is 20.2. The Balaban J connectivity index is 1.42. The molecule has 3 aromatic heterocycles. The van der Waals surface area contributed by atoms with Crippen molar-refractivity contribution in [3.8, 4) is 5.88 Å². The van der Waals surface area contributed by atoms with E-state index in [-0.39, 0.29) is 24.2 Å². The Labute approximate surface area is 179 Å². The van der Waals surface area contributed by atoms with Crippen LogP contribution in [0.5, 0.6) is 5.88 Å². The molecule has 3 aromatic rings. The molecular weight excluding hydrogens is 398 g/mol. The standard InChI is InChI=1S/C21H25N7O3/c1-22-18-10-17(27-19-15(11-24-28(18)19)20(29)25-12-5-6-12)26-16-4-3-7-23-21(16)31-14-8-13(9-14)30-2/h3-4,7,10-14,22H,5-6,8-9H2,1-2H3,(H,25,29)(H,26,27)/t13-,14-. The topological polar surface area (TPSA) is 115 Å². The molecule has 2 fully saturated rings. The number of nitrogens with zero attached hydrogens (tertiary/aromatic N) is 4. The molecule has 0 aromatic carbocycles. The van der Waals surface area contributed by atoms with Crippen LogP contribution in [-0.2, 0) is 4.74 Å². The minimum atomic E-state index is -0.160. The second kappa shape index (κ2) is 8.03. The third-order valence-corrected chi connectivity index (χ3v) is 5.58. The van der Waals surface area contributed by atoms with Crippen LogP contribution in [0.1, 0.15) is 36.0 Å². The fraction of sp³-hybridized carbons (Fsp3) is 0.429. The van der Waals surface area contributed by atoms with E-state index >= 15 is 0 Å². The van der Waals surface area contributed by atoms with Gasteiger partial charge in [0.05, 0.1) is 12.3 Å². The fourth-order valence-electron chi connectivity index (χ4n) is 3.54. The van der Waals surface area contributed by atoms with Crippen LogP contribution in [0.4, 0.5) is 17.3 Å². The molecule has 2 aliphatic carbocycles. The largest absolute Gasteiger partial charge is 0.473 e. The molecule has 10 nitrogen and oxygen atoms in total. The summed E-state index contributed by atoms with van der Waals surface area (Å²) in [5.74, 6) is 1.60. The zero-order valence-corrected chi connectivity index (χ0v) is 17.5. The Morgan fingerprint density at radius 1 is 1.26 bits per heavy atom. The second-order valence-electron chi connectivity index (χ2n) is 7.87. The van der Waals surface area contributed by atoms with Gasteiger partial charge in [-0.3, -0.25) is 4.79 Å². The van der Waals surface area contributed by atoms with Gasteiger partial charge in [-0.2, -0.15) is 9.61 Å². The number of anilines is 3. The summed E-state index contributed by atoms with van der Waals surface area (Å²) < 4.78 is 13.0. The predicted octanol–water partition coefficient (Wildman–Crippen LogP) is 2.36. The van der Waals surface area contributed by atoms with E-state index < -0.39 is 0 Å². The Kier molecular flexibility index (Phi) is 5.06. The van der Waals surface area contributed by atoms with Crippen LogP contribution in [0.3, 0.4) is 0 Å². The molecule has 5 rings (SSSR count).